The van der Waals surface area contributed by atoms with E-state index in [1.54, 1.807) is 11.3 Å². The number of Topliss-reactive ketones (excluding diaryl/α,β-unsaturated/α-hetero) is 1. The second-order valence-corrected chi connectivity index (χ2v) is 7.26. The van der Waals surface area contributed by atoms with Crippen molar-refractivity contribution in [1.29, 1.82) is 0 Å². The topological polar surface area (TPSA) is 17.1 Å². The average molecular weight is 301 g/mol. The summed E-state index contributed by atoms with van der Waals surface area (Å²) in [6.07, 6.45) is 4.58. The van der Waals surface area contributed by atoms with Crippen LogP contribution in [0.3, 0.4) is 0 Å². The van der Waals surface area contributed by atoms with Crippen LogP contribution in [-0.2, 0) is 0 Å². The molecule has 0 unspecified atom stereocenters. The Labute approximate surface area is 109 Å². The molecule has 0 amide bonds. The minimum absolute atomic E-state index is 0.279. The van der Waals surface area contributed by atoms with E-state index in [9.17, 15) is 4.79 Å². The Hall–Kier alpha value is -0.150. The van der Waals surface area contributed by atoms with Crippen molar-refractivity contribution in [2.24, 2.45) is 11.8 Å². The maximum absolute atomic E-state index is 12.3. The summed E-state index contributed by atoms with van der Waals surface area (Å²) in [4.78, 5) is 13.2. The normalized spacial score (nSPS) is 25.7. The fourth-order valence-corrected chi connectivity index (χ4v) is 3.86. The summed E-state index contributed by atoms with van der Waals surface area (Å²) in [6.45, 7) is 4.33. The van der Waals surface area contributed by atoms with Crippen LogP contribution in [0.5, 0.6) is 0 Å². The summed E-state index contributed by atoms with van der Waals surface area (Å²) in [5.41, 5.74) is 1.18. The highest BCUT2D eigenvalue weighted by Crippen LogP contribution is 2.34. The molecule has 1 saturated carbocycles. The monoisotopic (exact) mass is 300 g/mol. The van der Waals surface area contributed by atoms with Crippen LogP contribution in [0.15, 0.2) is 9.85 Å². The second-order valence-electron chi connectivity index (χ2n) is 4.89. The zero-order chi connectivity index (χ0) is 11.7. The Morgan fingerprint density at radius 2 is 2.00 bits per heavy atom. The predicted molar refractivity (Wildman–Crippen MR) is 72.2 cm³/mol. The van der Waals surface area contributed by atoms with E-state index in [1.165, 1.54) is 18.4 Å². The third-order valence-electron chi connectivity index (χ3n) is 3.49. The fourth-order valence-electron chi connectivity index (χ4n) is 2.30. The van der Waals surface area contributed by atoms with Crippen molar-refractivity contribution in [2.45, 2.75) is 39.5 Å². The summed E-state index contributed by atoms with van der Waals surface area (Å²) >= 11 is 5.07. The SMILES string of the molecule is Cc1cc(C(=O)C2CCC(C)CC2)sc1Br. The molecule has 0 bridgehead atoms. The molecule has 2 rings (SSSR count). The Morgan fingerprint density at radius 1 is 1.38 bits per heavy atom. The first-order valence-corrected chi connectivity index (χ1v) is 7.49. The first kappa shape index (κ1) is 12.3. The number of ketones is 1. The lowest BCUT2D eigenvalue weighted by molar-refractivity contribution is 0.0880. The Morgan fingerprint density at radius 3 is 2.50 bits per heavy atom. The highest BCUT2D eigenvalue weighted by molar-refractivity contribution is 9.11. The number of carbonyl (C=O) groups is 1. The molecule has 16 heavy (non-hydrogen) atoms. The predicted octanol–water partition coefficient (Wildman–Crippen LogP) is 4.83. The van der Waals surface area contributed by atoms with Gasteiger partial charge in [0.05, 0.1) is 8.66 Å². The minimum Gasteiger partial charge on any atom is -0.293 e. The highest BCUT2D eigenvalue weighted by Gasteiger charge is 2.26. The van der Waals surface area contributed by atoms with Gasteiger partial charge in [0.15, 0.2) is 5.78 Å². The van der Waals surface area contributed by atoms with Crippen molar-refractivity contribution >= 4 is 33.0 Å². The van der Waals surface area contributed by atoms with Gasteiger partial charge in [0.25, 0.3) is 0 Å². The minimum atomic E-state index is 0.279. The molecule has 1 aliphatic carbocycles. The molecule has 0 radical (unpaired) electrons. The molecule has 1 aliphatic rings. The molecule has 1 aromatic rings. The molecule has 0 saturated heterocycles. The van der Waals surface area contributed by atoms with Gasteiger partial charge < -0.3 is 0 Å². The van der Waals surface area contributed by atoms with E-state index < -0.39 is 0 Å². The van der Waals surface area contributed by atoms with E-state index in [0.717, 1.165) is 27.4 Å². The van der Waals surface area contributed by atoms with E-state index in [0.29, 0.717) is 5.78 Å². The van der Waals surface area contributed by atoms with E-state index in [2.05, 4.69) is 22.9 Å². The van der Waals surface area contributed by atoms with Crippen LogP contribution < -0.4 is 0 Å². The lowest BCUT2D eigenvalue weighted by atomic mass is 9.80. The Kier molecular flexibility index (Phi) is 3.85. The van der Waals surface area contributed by atoms with Gasteiger partial charge in [0, 0.05) is 5.92 Å². The van der Waals surface area contributed by atoms with Gasteiger partial charge in [0.1, 0.15) is 0 Å². The molecule has 0 aliphatic heterocycles. The van der Waals surface area contributed by atoms with E-state index in [4.69, 9.17) is 0 Å². The molecule has 1 fully saturated rings. The number of hydrogen-bond acceptors (Lipinski definition) is 2. The zero-order valence-corrected chi connectivity index (χ0v) is 12.2. The van der Waals surface area contributed by atoms with Crippen LogP contribution in [-0.4, -0.2) is 5.78 Å². The lowest BCUT2D eigenvalue weighted by Gasteiger charge is -2.24. The summed E-state index contributed by atoms with van der Waals surface area (Å²) in [5, 5.41) is 0. The smallest absolute Gasteiger partial charge is 0.175 e. The van der Waals surface area contributed by atoms with Crippen LogP contribution >= 0.6 is 27.3 Å². The summed E-state index contributed by atoms with van der Waals surface area (Å²) < 4.78 is 1.10. The maximum Gasteiger partial charge on any atom is 0.175 e. The van der Waals surface area contributed by atoms with Crippen LogP contribution in [0.4, 0.5) is 0 Å². The lowest BCUT2D eigenvalue weighted by Crippen LogP contribution is -2.20. The van der Waals surface area contributed by atoms with Gasteiger partial charge in [-0.2, -0.15) is 0 Å². The maximum atomic E-state index is 12.3. The van der Waals surface area contributed by atoms with Crippen LogP contribution in [0.2, 0.25) is 0 Å². The van der Waals surface area contributed by atoms with Crippen molar-refractivity contribution in [3.63, 3.8) is 0 Å². The number of hydrogen-bond donors (Lipinski definition) is 0. The largest absolute Gasteiger partial charge is 0.293 e. The average Bonchev–Trinajstić information content (AvgIpc) is 2.59. The van der Waals surface area contributed by atoms with Crippen LogP contribution in [0.1, 0.15) is 47.8 Å². The molecule has 0 N–H and O–H groups in total. The first-order chi connectivity index (χ1) is 7.58. The van der Waals surface area contributed by atoms with E-state index in [1.807, 2.05) is 13.0 Å². The van der Waals surface area contributed by atoms with Gasteiger partial charge in [-0.25, -0.2) is 0 Å². The molecule has 0 atom stereocenters. The van der Waals surface area contributed by atoms with Crippen molar-refractivity contribution < 1.29 is 4.79 Å². The molecule has 0 spiro atoms. The van der Waals surface area contributed by atoms with Gasteiger partial charge in [-0.15, -0.1) is 11.3 Å². The van der Waals surface area contributed by atoms with E-state index >= 15 is 0 Å². The molecule has 88 valence electrons. The third kappa shape index (κ3) is 2.57. The summed E-state index contributed by atoms with van der Waals surface area (Å²) in [7, 11) is 0. The second kappa shape index (κ2) is 5.01. The van der Waals surface area contributed by atoms with Gasteiger partial charge in [-0.05, 0) is 53.2 Å². The quantitative estimate of drug-likeness (QED) is 0.715. The van der Waals surface area contributed by atoms with Crippen molar-refractivity contribution in [3.05, 3.63) is 20.3 Å². The number of aryl methyl sites for hydroxylation is 1. The molecular weight excluding hydrogens is 284 g/mol. The Bertz CT molecular complexity index is 369. The number of thiophene rings is 1. The van der Waals surface area contributed by atoms with Gasteiger partial charge in [0.2, 0.25) is 0 Å². The summed E-state index contributed by atoms with van der Waals surface area (Å²) in [6, 6.07) is 2.02. The van der Waals surface area contributed by atoms with Crippen LogP contribution in [0, 0.1) is 18.8 Å². The van der Waals surface area contributed by atoms with Gasteiger partial charge >= 0.3 is 0 Å². The molecule has 1 aromatic heterocycles. The third-order valence-corrected chi connectivity index (χ3v) is 5.64. The molecular formula is C13H17BrOS. The molecule has 1 nitrogen and oxygen atoms in total. The van der Waals surface area contributed by atoms with Gasteiger partial charge in [-0.1, -0.05) is 19.8 Å². The van der Waals surface area contributed by atoms with Crippen molar-refractivity contribution in [2.75, 3.05) is 0 Å². The fraction of sp³-hybridized carbons (Fsp3) is 0.615. The van der Waals surface area contributed by atoms with Crippen molar-refractivity contribution in [3.8, 4) is 0 Å². The van der Waals surface area contributed by atoms with Crippen LogP contribution in [0.25, 0.3) is 0 Å². The van der Waals surface area contributed by atoms with Gasteiger partial charge in [-0.3, -0.25) is 4.79 Å². The molecule has 3 heteroatoms. The molecule has 0 aromatic carbocycles. The number of rotatable bonds is 2. The summed E-state index contributed by atoms with van der Waals surface area (Å²) in [5.74, 6) is 1.45. The first-order valence-electron chi connectivity index (χ1n) is 5.88. The zero-order valence-electron chi connectivity index (χ0n) is 9.75. The number of halogens is 1. The standard InChI is InChI=1S/C13H17BrOS/c1-8-3-5-10(6-4-8)12(15)11-7-9(2)13(14)16-11/h7-8,10H,3-6H2,1-2H3. The molecule has 1 heterocycles. The van der Waals surface area contributed by atoms with Crippen molar-refractivity contribution in [1.82, 2.24) is 0 Å². The number of carbonyl (C=O) groups excluding carboxylic acids is 1. The Balaban J connectivity index is 2.07. The highest BCUT2D eigenvalue weighted by atomic mass is 79.9. The van der Waals surface area contributed by atoms with E-state index in [-0.39, 0.29) is 5.92 Å².